The highest BCUT2D eigenvalue weighted by molar-refractivity contribution is 6.32. The van der Waals surface area contributed by atoms with E-state index in [-0.39, 0.29) is 61.7 Å². The molecule has 0 spiro atoms. The van der Waals surface area contributed by atoms with Gasteiger partial charge in [-0.2, -0.15) is 5.26 Å². The number of benzene rings is 3. The Morgan fingerprint density at radius 1 is 0.973 bits per heavy atom. The van der Waals surface area contributed by atoms with Gasteiger partial charge in [-0.05, 0) is 61.4 Å². The summed E-state index contributed by atoms with van der Waals surface area (Å²) in [7, 11) is 0. The summed E-state index contributed by atoms with van der Waals surface area (Å²) in [4.78, 5) is 8.94. The number of aromatic nitrogens is 4. The van der Waals surface area contributed by atoms with E-state index < -0.39 is 5.82 Å². The number of nitriles is 1. The molecule has 0 aliphatic carbocycles. The summed E-state index contributed by atoms with van der Waals surface area (Å²) in [5, 5.41) is 17.6. The number of nitrogens with zero attached hydrogens (tertiary/aromatic N) is 5. The van der Waals surface area contributed by atoms with E-state index >= 15 is 4.39 Å². The Labute approximate surface area is 225 Å². The van der Waals surface area contributed by atoms with Crippen molar-refractivity contribution in [1.29, 1.82) is 5.26 Å². The highest BCUT2D eigenvalue weighted by Gasteiger charge is 2.20. The van der Waals surface area contributed by atoms with E-state index in [1.165, 1.54) is 30.3 Å². The van der Waals surface area contributed by atoms with Gasteiger partial charge in [0.15, 0.2) is 22.4 Å². The molecule has 0 atom stereocenters. The number of fused-ring (bicyclic) bond motifs is 1. The van der Waals surface area contributed by atoms with E-state index in [4.69, 9.17) is 49.2 Å². The van der Waals surface area contributed by atoms with E-state index in [1.54, 1.807) is 0 Å². The summed E-state index contributed by atoms with van der Waals surface area (Å²) in [5.41, 5.74) is 4.08. The smallest absolute Gasteiger partial charge is 0.269 e. The largest absolute Gasteiger partial charge is 0.453 e. The van der Waals surface area contributed by atoms with Crippen molar-refractivity contribution in [2.24, 2.45) is 0 Å². The molecule has 2 heterocycles. The van der Waals surface area contributed by atoms with Crippen molar-refractivity contribution in [3.8, 4) is 29.2 Å². The van der Waals surface area contributed by atoms with Crippen LogP contribution in [-0.4, -0.2) is 20.2 Å². The third kappa shape index (κ3) is 5.07. The summed E-state index contributed by atoms with van der Waals surface area (Å²) >= 11 is 18.6. The minimum atomic E-state index is -0.722. The maximum absolute atomic E-state index is 15.4. The number of rotatable bonds is 5. The molecule has 11 heteroatoms. The summed E-state index contributed by atoms with van der Waals surface area (Å²) in [5.74, 6) is -0.604. The van der Waals surface area contributed by atoms with Gasteiger partial charge in [0.25, 0.3) is 5.89 Å². The minimum absolute atomic E-state index is 0.0368. The van der Waals surface area contributed by atoms with Crippen LogP contribution in [0.25, 0.3) is 22.6 Å². The second-order valence-electron chi connectivity index (χ2n) is 8.21. The highest BCUT2D eigenvalue weighted by Crippen LogP contribution is 2.36. The van der Waals surface area contributed by atoms with Crippen LogP contribution in [0.1, 0.15) is 28.1 Å². The van der Waals surface area contributed by atoms with Gasteiger partial charge in [-0.25, -0.2) is 14.4 Å². The SMILES string of the molecule is Cc1cc2nc(Cl)c(-c3nnc(Cc4ccc(Cl)c(Oc5cc(Cl)cc(C#N)c5)c4F)o3)nc2cc1C. The second kappa shape index (κ2) is 9.94. The normalized spacial score (nSPS) is 11.1. The van der Waals surface area contributed by atoms with E-state index in [2.05, 4.69) is 20.2 Å². The molecule has 7 nitrogen and oxygen atoms in total. The lowest BCUT2D eigenvalue weighted by Crippen LogP contribution is -1.98. The van der Waals surface area contributed by atoms with Gasteiger partial charge >= 0.3 is 0 Å². The highest BCUT2D eigenvalue weighted by atomic mass is 35.5. The molecule has 184 valence electrons. The van der Waals surface area contributed by atoms with E-state index in [0.717, 1.165) is 11.1 Å². The first-order valence-electron chi connectivity index (χ1n) is 10.8. The van der Waals surface area contributed by atoms with Gasteiger partial charge in [0, 0.05) is 10.6 Å². The molecule has 3 aromatic carbocycles. The molecule has 0 saturated carbocycles. The van der Waals surface area contributed by atoms with Crippen molar-refractivity contribution in [2.75, 3.05) is 0 Å². The van der Waals surface area contributed by atoms with Crippen molar-refractivity contribution in [3.63, 3.8) is 0 Å². The van der Waals surface area contributed by atoms with Crippen LogP contribution in [0.3, 0.4) is 0 Å². The first kappa shape index (κ1) is 24.9. The maximum atomic E-state index is 15.4. The van der Waals surface area contributed by atoms with Crippen molar-refractivity contribution in [2.45, 2.75) is 20.3 Å². The Balaban J connectivity index is 1.44. The summed E-state index contributed by atoms with van der Waals surface area (Å²) in [6, 6.07) is 13.1. The molecule has 37 heavy (non-hydrogen) atoms. The third-order valence-electron chi connectivity index (χ3n) is 5.60. The summed E-state index contributed by atoms with van der Waals surface area (Å²) in [6.45, 7) is 3.95. The van der Waals surface area contributed by atoms with Crippen molar-refractivity contribution < 1.29 is 13.5 Å². The molecule has 0 radical (unpaired) electrons. The monoisotopic (exact) mass is 553 g/mol. The molecule has 0 aliphatic rings. The Bertz CT molecular complexity index is 1730. The van der Waals surface area contributed by atoms with E-state index in [0.29, 0.717) is 11.0 Å². The van der Waals surface area contributed by atoms with Crippen LogP contribution in [0.2, 0.25) is 15.2 Å². The van der Waals surface area contributed by atoms with Gasteiger partial charge in [-0.3, -0.25) is 0 Å². The average Bonchev–Trinajstić information content (AvgIpc) is 3.32. The average molecular weight is 555 g/mol. The predicted octanol–water partition coefficient (Wildman–Crippen LogP) is 7.65. The van der Waals surface area contributed by atoms with Crippen LogP contribution in [0.5, 0.6) is 11.5 Å². The van der Waals surface area contributed by atoms with Gasteiger partial charge in [-0.1, -0.05) is 40.9 Å². The predicted molar refractivity (Wildman–Crippen MR) is 138 cm³/mol. The zero-order valence-electron chi connectivity index (χ0n) is 19.3. The Morgan fingerprint density at radius 2 is 1.70 bits per heavy atom. The Hall–Kier alpha value is -3.77. The molecule has 0 saturated heterocycles. The number of ether oxygens (including phenoxy) is 1. The van der Waals surface area contributed by atoms with Gasteiger partial charge < -0.3 is 9.15 Å². The van der Waals surface area contributed by atoms with E-state index in [9.17, 15) is 0 Å². The zero-order chi connectivity index (χ0) is 26.3. The number of halogens is 4. The van der Waals surface area contributed by atoms with Crippen LogP contribution in [0.4, 0.5) is 4.39 Å². The lowest BCUT2D eigenvalue weighted by molar-refractivity contribution is 0.437. The number of hydrogen-bond donors (Lipinski definition) is 0. The Morgan fingerprint density at radius 3 is 2.43 bits per heavy atom. The van der Waals surface area contributed by atoms with Crippen molar-refractivity contribution in [3.05, 3.63) is 91.6 Å². The fraction of sp³-hybridized carbons (Fsp3) is 0.115. The number of hydrogen-bond acceptors (Lipinski definition) is 7. The molecule has 0 aliphatic heterocycles. The molecule has 0 unspecified atom stereocenters. The van der Waals surface area contributed by atoms with Crippen molar-refractivity contribution in [1.82, 2.24) is 20.2 Å². The Kier molecular flexibility index (Phi) is 6.69. The van der Waals surface area contributed by atoms with Gasteiger partial charge in [0.1, 0.15) is 5.75 Å². The quantitative estimate of drug-likeness (QED) is 0.220. The summed E-state index contributed by atoms with van der Waals surface area (Å²) < 4.78 is 26.8. The molecule has 0 N–H and O–H groups in total. The lowest BCUT2D eigenvalue weighted by Gasteiger charge is -2.11. The van der Waals surface area contributed by atoms with E-state index in [1.807, 2.05) is 32.0 Å². The van der Waals surface area contributed by atoms with Crippen LogP contribution < -0.4 is 4.74 Å². The number of aryl methyl sites for hydroxylation is 2. The first-order chi connectivity index (χ1) is 17.7. The van der Waals surface area contributed by atoms with Crippen LogP contribution in [-0.2, 0) is 6.42 Å². The zero-order valence-corrected chi connectivity index (χ0v) is 21.6. The maximum Gasteiger partial charge on any atom is 0.269 e. The molecular weight excluding hydrogens is 540 g/mol. The van der Waals surface area contributed by atoms with Gasteiger partial charge in [0.2, 0.25) is 5.89 Å². The molecule has 5 rings (SSSR count). The first-order valence-corrected chi connectivity index (χ1v) is 12.0. The van der Waals surface area contributed by atoms with Crippen LogP contribution in [0, 0.1) is 31.0 Å². The fourth-order valence-corrected chi connectivity index (χ4v) is 4.24. The molecular formula is C26H15Cl3FN5O2. The molecule has 0 amide bonds. The van der Waals surface area contributed by atoms with Crippen LogP contribution >= 0.6 is 34.8 Å². The second-order valence-corrected chi connectivity index (χ2v) is 9.41. The van der Waals surface area contributed by atoms with Crippen molar-refractivity contribution >= 4 is 45.8 Å². The van der Waals surface area contributed by atoms with Gasteiger partial charge in [0.05, 0.1) is 34.1 Å². The summed E-state index contributed by atoms with van der Waals surface area (Å²) in [6.07, 6.45) is -0.0533. The molecule has 5 aromatic rings. The minimum Gasteiger partial charge on any atom is -0.453 e. The molecule has 2 aromatic heterocycles. The standard InChI is InChI=1S/C26H15Cl3FN5O2/c1-12-5-19-20(6-13(12)2)33-25(29)23(32-19)26-35-34-21(37-26)9-15-3-4-18(28)24(22(15)30)36-17-8-14(11-31)7-16(27)10-17/h3-8,10H,9H2,1-2H3. The topological polar surface area (TPSA) is 97.7 Å². The fourth-order valence-electron chi connectivity index (χ4n) is 3.62. The molecule has 0 fully saturated rings. The lowest BCUT2D eigenvalue weighted by atomic mass is 10.1. The molecule has 0 bridgehead atoms. The van der Waals surface area contributed by atoms with Crippen LogP contribution in [0.15, 0.2) is 46.9 Å². The third-order valence-corrected chi connectivity index (χ3v) is 6.38. The van der Waals surface area contributed by atoms with Gasteiger partial charge in [-0.15, -0.1) is 10.2 Å².